The number of para-hydroxylation sites is 1. The van der Waals surface area contributed by atoms with Gasteiger partial charge in [0.1, 0.15) is 0 Å². The predicted octanol–water partition coefficient (Wildman–Crippen LogP) is 2.35. The van der Waals surface area contributed by atoms with Crippen LogP contribution in [-0.4, -0.2) is 9.55 Å². The number of fused-ring (bicyclic) bond motifs is 1. The smallest absolute Gasteiger partial charge is 0.260 e. The zero-order valence-corrected chi connectivity index (χ0v) is 10.9. The zero-order valence-electron chi connectivity index (χ0n) is 10.1. The molecule has 0 amide bonds. The van der Waals surface area contributed by atoms with Gasteiger partial charge in [0.2, 0.25) is 0 Å². The van der Waals surface area contributed by atoms with E-state index in [1.807, 2.05) is 42.5 Å². The summed E-state index contributed by atoms with van der Waals surface area (Å²) in [7, 11) is 0. The molecular weight excluding hydrogens is 256 g/mol. The SMILES string of the molecule is O=c1c2ccccc2nc([S-])n1Cc1ccccc1. The van der Waals surface area contributed by atoms with Crippen LogP contribution in [0.25, 0.3) is 10.9 Å². The second kappa shape index (κ2) is 4.82. The summed E-state index contributed by atoms with van der Waals surface area (Å²) in [6.07, 6.45) is 0. The molecule has 0 aliphatic rings. The van der Waals surface area contributed by atoms with Gasteiger partial charge in [-0.1, -0.05) is 42.5 Å². The Morgan fingerprint density at radius 3 is 2.47 bits per heavy atom. The van der Waals surface area contributed by atoms with Gasteiger partial charge in [-0.25, -0.2) is 0 Å². The molecule has 0 bridgehead atoms. The van der Waals surface area contributed by atoms with Crippen molar-refractivity contribution in [2.75, 3.05) is 0 Å². The summed E-state index contributed by atoms with van der Waals surface area (Å²) in [4.78, 5) is 16.7. The van der Waals surface area contributed by atoms with E-state index in [9.17, 15) is 4.79 Å². The maximum absolute atomic E-state index is 12.4. The van der Waals surface area contributed by atoms with Crippen molar-refractivity contribution in [3.8, 4) is 0 Å². The second-order valence-corrected chi connectivity index (χ2v) is 4.65. The van der Waals surface area contributed by atoms with Gasteiger partial charge in [-0.2, -0.15) is 0 Å². The molecule has 0 N–H and O–H groups in total. The van der Waals surface area contributed by atoms with Gasteiger partial charge in [0, 0.05) is 0 Å². The molecule has 1 heterocycles. The summed E-state index contributed by atoms with van der Waals surface area (Å²) in [5, 5.41) is 0.930. The minimum absolute atomic E-state index is 0.0838. The Kier molecular flexibility index (Phi) is 3.01. The number of rotatable bonds is 2. The van der Waals surface area contributed by atoms with Crippen LogP contribution in [0.15, 0.2) is 64.5 Å². The highest BCUT2D eigenvalue weighted by molar-refractivity contribution is 7.58. The third-order valence-electron chi connectivity index (χ3n) is 3.01. The molecule has 0 spiro atoms. The molecule has 3 rings (SSSR count). The fraction of sp³-hybridized carbons (Fsp3) is 0.0667. The van der Waals surface area contributed by atoms with Crippen molar-refractivity contribution in [3.63, 3.8) is 0 Å². The van der Waals surface area contributed by atoms with Gasteiger partial charge in [-0.05, 0) is 22.9 Å². The molecular formula is C15H11N2OS-. The van der Waals surface area contributed by atoms with Crippen LogP contribution in [0.2, 0.25) is 0 Å². The number of hydrogen-bond donors (Lipinski definition) is 0. The van der Waals surface area contributed by atoms with Crippen molar-refractivity contribution in [2.24, 2.45) is 0 Å². The largest absolute Gasteiger partial charge is 0.742 e. The first-order valence-electron chi connectivity index (χ1n) is 5.96. The van der Waals surface area contributed by atoms with Crippen molar-refractivity contribution >= 4 is 23.5 Å². The van der Waals surface area contributed by atoms with E-state index in [4.69, 9.17) is 12.6 Å². The fourth-order valence-electron chi connectivity index (χ4n) is 2.05. The van der Waals surface area contributed by atoms with E-state index in [2.05, 4.69) is 4.98 Å². The molecule has 1 aromatic heterocycles. The first-order chi connectivity index (χ1) is 9.25. The first-order valence-corrected chi connectivity index (χ1v) is 6.37. The Morgan fingerprint density at radius 1 is 1.00 bits per heavy atom. The number of benzene rings is 2. The van der Waals surface area contributed by atoms with Gasteiger partial charge < -0.3 is 17.2 Å². The van der Waals surface area contributed by atoms with E-state index in [1.165, 1.54) is 4.57 Å². The lowest BCUT2D eigenvalue weighted by Crippen LogP contribution is -2.24. The van der Waals surface area contributed by atoms with Gasteiger partial charge in [0.15, 0.2) is 0 Å². The predicted molar refractivity (Wildman–Crippen MR) is 77.2 cm³/mol. The minimum atomic E-state index is -0.0838. The van der Waals surface area contributed by atoms with E-state index in [-0.39, 0.29) is 5.56 Å². The summed E-state index contributed by atoms with van der Waals surface area (Å²) in [5.41, 5.74) is 1.61. The third kappa shape index (κ3) is 2.22. The van der Waals surface area contributed by atoms with Crippen LogP contribution in [0, 0.1) is 0 Å². The second-order valence-electron chi connectivity index (χ2n) is 4.29. The van der Waals surface area contributed by atoms with Crippen LogP contribution in [-0.2, 0) is 19.2 Å². The summed E-state index contributed by atoms with van der Waals surface area (Å²) in [6, 6.07) is 17.0. The molecule has 0 radical (unpaired) electrons. The summed E-state index contributed by atoms with van der Waals surface area (Å²) >= 11 is 5.22. The Morgan fingerprint density at radius 2 is 1.68 bits per heavy atom. The molecule has 0 saturated carbocycles. The van der Waals surface area contributed by atoms with Crippen LogP contribution in [0.5, 0.6) is 0 Å². The molecule has 2 aromatic carbocycles. The Labute approximate surface area is 116 Å². The van der Waals surface area contributed by atoms with Crippen molar-refractivity contribution in [3.05, 3.63) is 70.5 Å². The Hall–Kier alpha value is -2.20. The highest BCUT2D eigenvalue weighted by atomic mass is 32.1. The topological polar surface area (TPSA) is 34.9 Å². The quantitative estimate of drug-likeness (QED) is 0.528. The normalized spacial score (nSPS) is 10.7. The van der Waals surface area contributed by atoms with Crippen molar-refractivity contribution in [1.82, 2.24) is 9.55 Å². The zero-order chi connectivity index (χ0) is 13.2. The molecule has 0 atom stereocenters. The highest BCUT2D eigenvalue weighted by Gasteiger charge is 2.04. The van der Waals surface area contributed by atoms with Gasteiger partial charge >= 0.3 is 0 Å². The molecule has 4 heteroatoms. The van der Waals surface area contributed by atoms with Crippen LogP contribution in [0.4, 0.5) is 0 Å². The summed E-state index contributed by atoms with van der Waals surface area (Å²) < 4.78 is 1.53. The van der Waals surface area contributed by atoms with E-state index in [1.54, 1.807) is 12.1 Å². The Bertz CT molecular complexity index is 781. The number of hydrogen-bond acceptors (Lipinski definition) is 3. The van der Waals surface area contributed by atoms with E-state index < -0.39 is 0 Å². The lowest BCUT2D eigenvalue weighted by Gasteiger charge is -2.16. The van der Waals surface area contributed by atoms with Crippen molar-refractivity contribution < 1.29 is 0 Å². The number of nitrogens with zero attached hydrogens (tertiary/aromatic N) is 2. The molecule has 0 aliphatic heterocycles. The average Bonchev–Trinajstić information content (AvgIpc) is 2.45. The third-order valence-corrected chi connectivity index (χ3v) is 3.32. The van der Waals surface area contributed by atoms with Crippen LogP contribution in [0.3, 0.4) is 0 Å². The van der Waals surface area contributed by atoms with Gasteiger partial charge in [-0.15, -0.1) is 0 Å². The first kappa shape index (κ1) is 11.9. The number of aromatic nitrogens is 2. The summed E-state index contributed by atoms with van der Waals surface area (Å²) in [6.45, 7) is 0.455. The van der Waals surface area contributed by atoms with Crippen LogP contribution >= 0.6 is 0 Å². The standard InChI is InChI=1S/C15H12N2OS/c18-14-12-8-4-5-9-13(12)16-15(19)17(14)10-11-6-2-1-3-7-11/h1-9H,10H2,(H,16,19)/p-1. The Balaban J connectivity index is 2.16. The van der Waals surface area contributed by atoms with Crippen LogP contribution in [0.1, 0.15) is 5.56 Å². The summed E-state index contributed by atoms with van der Waals surface area (Å²) in [5.74, 6) is 0. The van der Waals surface area contributed by atoms with Crippen LogP contribution < -0.4 is 5.56 Å². The molecule has 3 nitrogen and oxygen atoms in total. The van der Waals surface area contributed by atoms with E-state index in [0.29, 0.717) is 22.6 Å². The molecule has 0 unspecified atom stereocenters. The van der Waals surface area contributed by atoms with Gasteiger partial charge in [-0.3, -0.25) is 9.78 Å². The van der Waals surface area contributed by atoms with Crippen molar-refractivity contribution in [1.29, 1.82) is 0 Å². The van der Waals surface area contributed by atoms with E-state index >= 15 is 0 Å². The van der Waals surface area contributed by atoms with Crippen molar-refractivity contribution in [2.45, 2.75) is 11.7 Å². The van der Waals surface area contributed by atoms with Gasteiger partial charge in [0.25, 0.3) is 5.56 Å². The van der Waals surface area contributed by atoms with Gasteiger partial charge in [0.05, 0.1) is 17.4 Å². The molecule has 0 saturated heterocycles. The fourth-order valence-corrected chi connectivity index (χ4v) is 2.30. The molecule has 94 valence electrons. The monoisotopic (exact) mass is 267 g/mol. The maximum Gasteiger partial charge on any atom is 0.260 e. The van der Waals surface area contributed by atoms with E-state index in [0.717, 1.165) is 5.56 Å². The molecule has 0 aliphatic carbocycles. The molecule has 19 heavy (non-hydrogen) atoms. The molecule has 0 fully saturated rings. The lowest BCUT2D eigenvalue weighted by molar-refractivity contribution is 0.660. The minimum Gasteiger partial charge on any atom is -0.742 e. The maximum atomic E-state index is 12.4. The molecule has 3 aromatic rings. The average molecular weight is 267 g/mol. The lowest BCUT2D eigenvalue weighted by atomic mass is 10.2. The highest BCUT2D eigenvalue weighted by Crippen LogP contribution is 2.09.